The molecule has 1 fully saturated rings. The predicted octanol–water partition coefficient (Wildman–Crippen LogP) is 5.26. The van der Waals surface area contributed by atoms with Crippen molar-refractivity contribution in [3.63, 3.8) is 0 Å². The van der Waals surface area contributed by atoms with Gasteiger partial charge in [-0.1, -0.05) is 30.2 Å². The molecule has 1 aliphatic heterocycles. The average Bonchev–Trinajstić information content (AvgIpc) is 2.75. The average molecular weight is 436 g/mol. The Morgan fingerprint density at radius 2 is 1.97 bits per heavy atom. The van der Waals surface area contributed by atoms with E-state index >= 15 is 4.39 Å². The van der Waals surface area contributed by atoms with Gasteiger partial charge in [-0.2, -0.15) is 0 Å². The van der Waals surface area contributed by atoms with Crippen LogP contribution in [0.15, 0.2) is 36.4 Å². The van der Waals surface area contributed by atoms with Crippen molar-refractivity contribution < 1.29 is 23.0 Å². The van der Waals surface area contributed by atoms with Crippen molar-refractivity contribution >= 4 is 17.7 Å². The van der Waals surface area contributed by atoms with Crippen LogP contribution in [0.1, 0.15) is 30.4 Å². The third-order valence-corrected chi connectivity index (χ3v) is 6.76. The number of alkyl carbamates (subject to hydrolysis) is 1. The van der Waals surface area contributed by atoms with Gasteiger partial charge in [0.2, 0.25) is 0 Å². The summed E-state index contributed by atoms with van der Waals surface area (Å²) in [6, 6.07) is 9.74. The number of nitrogens with one attached hydrogen (secondary N) is 1. The first-order valence-electron chi connectivity index (χ1n) is 10.1. The van der Waals surface area contributed by atoms with Gasteiger partial charge in [-0.05, 0) is 49.1 Å². The second-order valence-electron chi connectivity index (χ2n) is 8.11. The zero-order valence-electron chi connectivity index (χ0n) is 16.7. The Bertz CT molecular complexity index is 937. The molecule has 2 aromatic carbocycles. The number of hydrogen-bond donors (Lipinski definition) is 1. The molecule has 1 N–H and O–H groups in total. The molecular weight excluding hydrogens is 412 g/mol. The van der Waals surface area contributed by atoms with Crippen LogP contribution in [0.2, 0.25) is 5.02 Å². The normalized spacial score (nSPS) is 24.9. The molecule has 1 aliphatic carbocycles. The molecule has 160 valence electrons. The highest BCUT2D eigenvalue weighted by atomic mass is 35.5. The molecule has 0 bridgehead atoms. The third-order valence-electron chi connectivity index (χ3n) is 6.51. The summed E-state index contributed by atoms with van der Waals surface area (Å²) in [4.78, 5) is 11.6. The Labute approximate surface area is 179 Å². The number of benzene rings is 2. The van der Waals surface area contributed by atoms with Gasteiger partial charge in [-0.3, -0.25) is 0 Å². The number of halogens is 3. The van der Waals surface area contributed by atoms with Crippen molar-refractivity contribution in [3.8, 4) is 5.75 Å². The lowest BCUT2D eigenvalue weighted by Gasteiger charge is -2.51. The van der Waals surface area contributed by atoms with E-state index in [0.29, 0.717) is 23.4 Å². The summed E-state index contributed by atoms with van der Waals surface area (Å²) in [6.45, 7) is 0.463. The molecule has 2 aromatic rings. The lowest BCUT2D eigenvalue weighted by Crippen LogP contribution is -2.52. The minimum atomic E-state index is -0.650. The van der Waals surface area contributed by atoms with Crippen LogP contribution in [0, 0.1) is 23.5 Å². The lowest BCUT2D eigenvalue weighted by molar-refractivity contribution is 0.00323. The van der Waals surface area contributed by atoms with Gasteiger partial charge >= 0.3 is 6.09 Å². The van der Waals surface area contributed by atoms with Crippen molar-refractivity contribution in [2.45, 2.75) is 31.1 Å². The number of hydrogen-bond acceptors (Lipinski definition) is 3. The fourth-order valence-electron chi connectivity index (χ4n) is 5.16. The molecular formula is C23H24ClF2NO3. The zero-order valence-corrected chi connectivity index (χ0v) is 17.5. The van der Waals surface area contributed by atoms with E-state index in [1.54, 1.807) is 12.1 Å². The van der Waals surface area contributed by atoms with E-state index in [9.17, 15) is 9.18 Å². The molecule has 0 aromatic heterocycles. The van der Waals surface area contributed by atoms with Gasteiger partial charge in [0, 0.05) is 34.9 Å². The summed E-state index contributed by atoms with van der Waals surface area (Å²) >= 11 is 6.04. The molecule has 1 amide bonds. The molecule has 2 aliphatic rings. The van der Waals surface area contributed by atoms with Crippen LogP contribution < -0.4 is 10.1 Å². The topological polar surface area (TPSA) is 47.6 Å². The van der Waals surface area contributed by atoms with Crippen LogP contribution in [0.5, 0.6) is 5.75 Å². The second-order valence-corrected chi connectivity index (χ2v) is 8.55. The van der Waals surface area contributed by atoms with Crippen LogP contribution in [-0.4, -0.2) is 26.4 Å². The fraction of sp³-hybridized carbons (Fsp3) is 0.435. The van der Waals surface area contributed by atoms with Crippen LogP contribution in [-0.2, 0) is 16.6 Å². The van der Waals surface area contributed by atoms with Crippen molar-refractivity contribution in [1.82, 2.24) is 5.32 Å². The fourth-order valence-corrected chi connectivity index (χ4v) is 5.29. The maximum Gasteiger partial charge on any atom is 0.406 e. The van der Waals surface area contributed by atoms with E-state index in [1.165, 1.54) is 13.1 Å². The first-order valence-corrected chi connectivity index (χ1v) is 10.5. The van der Waals surface area contributed by atoms with Gasteiger partial charge in [0.25, 0.3) is 0 Å². The van der Waals surface area contributed by atoms with Gasteiger partial charge in [-0.25, -0.2) is 13.6 Å². The summed E-state index contributed by atoms with van der Waals surface area (Å²) < 4.78 is 40.8. The van der Waals surface area contributed by atoms with Crippen molar-refractivity contribution in [1.29, 1.82) is 0 Å². The third kappa shape index (κ3) is 3.73. The van der Waals surface area contributed by atoms with Crippen molar-refractivity contribution in [3.05, 3.63) is 64.2 Å². The summed E-state index contributed by atoms with van der Waals surface area (Å²) in [7, 11) is 1.51. The number of carbonyl (C=O) groups is 1. The van der Waals surface area contributed by atoms with E-state index in [1.807, 2.05) is 12.1 Å². The Hall–Kier alpha value is -2.34. The van der Waals surface area contributed by atoms with E-state index in [2.05, 4.69) is 5.32 Å². The Kier molecular flexibility index (Phi) is 5.87. The molecule has 30 heavy (non-hydrogen) atoms. The molecule has 3 atom stereocenters. The van der Waals surface area contributed by atoms with E-state index in [4.69, 9.17) is 21.1 Å². The van der Waals surface area contributed by atoms with Crippen molar-refractivity contribution in [2.24, 2.45) is 11.8 Å². The summed E-state index contributed by atoms with van der Waals surface area (Å²) in [6.07, 6.45) is 2.38. The number of rotatable bonds is 4. The maximum atomic E-state index is 15.2. The molecule has 1 unspecified atom stereocenters. The van der Waals surface area contributed by atoms with Crippen molar-refractivity contribution in [2.75, 3.05) is 20.3 Å². The maximum absolute atomic E-state index is 15.2. The summed E-state index contributed by atoms with van der Waals surface area (Å²) in [5, 5.41) is 3.07. The lowest BCUT2D eigenvalue weighted by atomic mass is 9.55. The molecule has 0 radical (unpaired) electrons. The van der Waals surface area contributed by atoms with Crippen LogP contribution >= 0.6 is 11.6 Å². The highest BCUT2D eigenvalue weighted by molar-refractivity contribution is 6.30. The Morgan fingerprint density at radius 1 is 1.23 bits per heavy atom. The molecule has 1 saturated carbocycles. The minimum Gasteiger partial charge on any atom is -0.490 e. The van der Waals surface area contributed by atoms with Gasteiger partial charge in [0.1, 0.15) is 5.82 Å². The monoisotopic (exact) mass is 435 g/mol. The van der Waals surface area contributed by atoms with Gasteiger partial charge < -0.3 is 14.8 Å². The first kappa shape index (κ1) is 20.9. The van der Waals surface area contributed by atoms with E-state index in [-0.39, 0.29) is 30.8 Å². The van der Waals surface area contributed by atoms with Gasteiger partial charge in [0.05, 0.1) is 13.2 Å². The van der Waals surface area contributed by atoms with Crippen LogP contribution in [0.3, 0.4) is 0 Å². The zero-order chi connectivity index (χ0) is 21.3. The second kappa shape index (κ2) is 8.42. The quantitative estimate of drug-likeness (QED) is 0.712. The number of carbonyl (C=O) groups excluding carboxylic acids is 1. The molecule has 1 heterocycles. The molecule has 7 heteroatoms. The highest BCUT2D eigenvalue weighted by Crippen LogP contribution is 2.55. The minimum absolute atomic E-state index is 0.00748. The molecule has 0 saturated heterocycles. The summed E-state index contributed by atoms with van der Waals surface area (Å²) in [5.41, 5.74) is 0.648. The predicted molar refractivity (Wildman–Crippen MR) is 110 cm³/mol. The van der Waals surface area contributed by atoms with E-state index < -0.39 is 23.1 Å². The Balaban J connectivity index is 1.78. The first-order chi connectivity index (χ1) is 14.4. The number of amides is 1. The van der Waals surface area contributed by atoms with Gasteiger partial charge in [-0.15, -0.1) is 0 Å². The highest BCUT2D eigenvalue weighted by Gasteiger charge is 2.52. The molecule has 4 rings (SSSR count). The standard InChI is InChI=1S/C23H24ClF2NO3/c1-27-22(28)30-12-15-3-2-10-23(11-14-4-6-16(24)7-5-14)17(15)13-29-21-19(26)9-8-18(25)20(21)23/h4-9,15,17H,2-3,10-13H2,1H3,(H,27,28)/t15-,17?,23-/m0/s1. The van der Waals surface area contributed by atoms with E-state index in [0.717, 1.165) is 24.5 Å². The molecule has 4 nitrogen and oxygen atoms in total. The summed E-state index contributed by atoms with van der Waals surface area (Å²) in [5.74, 6) is -1.13. The number of ether oxygens (including phenoxy) is 2. The largest absolute Gasteiger partial charge is 0.490 e. The molecule has 0 spiro atoms. The van der Waals surface area contributed by atoms with Gasteiger partial charge in [0.15, 0.2) is 11.6 Å². The number of fused-ring (bicyclic) bond motifs is 3. The Morgan fingerprint density at radius 3 is 2.70 bits per heavy atom. The van der Waals surface area contributed by atoms with Crippen LogP contribution in [0.25, 0.3) is 0 Å². The SMILES string of the molecule is CNC(=O)OC[C@@H]1CCC[C@@]2(Cc3ccc(Cl)cc3)c3c(F)ccc(F)c3OCC12. The smallest absolute Gasteiger partial charge is 0.406 e. The van der Waals surface area contributed by atoms with Crippen LogP contribution in [0.4, 0.5) is 13.6 Å².